The number of methoxy groups -OCH3 is 1. The third-order valence-corrected chi connectivity index (χ3v) is 9.49. The highest BCUT2D eigenvalue weighted by Crippen LogP contribution is 2.47. The minimum atomic E-state index is -1.29. The first-order valence-corrected chi connectivity index (χ1v) is 17.6. The molecular formula is C37H40F2N4O7S. The first-order chi connectivity index (χ1) is 24.6. The third kappa shape index (κ3) is 9.72. The number of aromatic nitrogens is 1. The van der Waals surface area contributed by atoms with Crippen molar-refractivity contribution in [3.8, 4) is 23.0 Å². The van der Waals surface area contributed by atoms with Gasteiger partial charge in [0.15, 0.2) is 23.1 Å². The van der Waals surface area contributed by atoms with E-state index in [1.165, 1.54) is 49.7 Å². The van der Waals surface area contributed by atoms with Gasteiger partial charge in [-0.1, -0.05) is 31.0 Å². The molecule has 1 heterocycles. The number of aliphatic hydroxyl groups is 1. The fourth-order valence-corrected chi connectivity index (χ4v) is 6.10. The number of carbonyl (C=O) groups is 3. The highest BCUT2D eigenvalue weighted by atomic mass is 32.2. The van der Waals surface area contributed by atoms with Gasteiger partial charge in [0, 0.05) is 40.8 Å². The van der Waals surface area contributed by atoms with Gasteiger partial charge < -0.3 is 35.7 Å². The van der Waals surface area contributed by atoms with Crippen LogP contribution in [0.15, 0.2) is 66.9 Å². The standard InChI is InChI=1S/C37H40F2N4O7S/c1-48-32-20-26-29(21-33(32)49-17-5-3-2-4-6-18-51-34(45)28(40)22-44)41-16-13-30(26)50-31-12-11-25(19-27(31)39)43-36(47)37(14-15-37)35(46)42-24-9-7-23(38)8-10-24/h7-13,16,19-21,28,44H,2-6,14-15,17-18,22,40H2,1H3,(H,42,46)(H,43,47). The maximum Gasteiger partial charge on any atom is 0.240 e. The average molecular weight is 723 g/mol. The Morgan fingerprint density at radius 3 is 2.25 bits per heavy atom. The molecular weight excluding hydrogens is 682 g/mol. The summed E-state index contributed by atoms with van der Waals surface area (Å²) >= 11 is 1.16. The van der Waals surface area contributed by atoms with Gasteiger partial charge in [-0.05, 0) is 74.2 Å². The van der Waals surface area contributed by atoms with Crippen LogP contribution in [0.4, 0.5) is 20.2 Å². The SMILES string of the molecule is COc1cc2c(Oc3ccc(NC(=O)C4(C(=O)Nc5ccc(F)cc5)CC4)cc3F)ccnc2cc1OCCCCCCCSC(=O)C(N)CO. The first kappa shape index (κ1) is 37.5. The van der Waals surface area contributed by atoms with Crippen LogP contribution in [-0.4, -0.2) is 59.1 Å². The van der Waals surface area contributed by atoms with E-state index in [2.05, 4.69) is 15.6 Å². The molecule has 5 N–H and O–H groups in total. The van der Waals surface area contributed by atoms with Crippen molar-refractivity contribution in [1.82, 2.24) is 4.98 Å². The Labute approximate surface area is 298 Å². The number of nitrogens with two attached hydrogens (primary N) is 1. The molecule has 5 rings (SSSR count). The zero-order chi connectivity index (χ0) is 36.4. The van der Waals surface area contributed by atoms with Crippen LogP contribution in [0.3, 0.4) is 0 Å². The van der Waals surface area contributed by atoms with Gasteiger partial charge in [0.2, 0.25) is 16.9 Å². The fraction of sp³-hybridized carbons (Fsp3) is 0.351. The molecule has 11 nitrogen and oxygen atoms in total. The molecule has 0 aliphatic heterocycles. The Bertz CT molecular complexity index is 1860. The second-order valence-corrected chi connectivity index (χ2v) is 13.2. The Morgan fingerprint density at radius 2 is 1.57 bits per heavy atom. The molecule has 1 unspecified atom stereocenters. The molecule has 2 amide bonds. The van der Waals surface area contributed by atoms with Gasteiger partial charge in [0.1, 0.15) is 17.0 Å². The number of aliphatic hydroxyl groups excluding tert-OH is 1. The number of hydrogen-bond donors (Lipinski definition) is 4. The summed E-state index contributed by atoms with van der Waals surface area (Å²) in [5, 5.41) is 14.6. The summed E-state index contributed by atoms with van der Waals surface area (Å²) in [6.07, 6.45) is 6.80. The van der Waals surface area contributed by atoms with Crippen LogP contribution in [0.5, 0.6) is 23.0 Å². The van der Waals surface area contributed by atoms with Crippen molar-refractivity contribution in [1.29, 1.82) is 0 Å². The van der Waals surface area contributed by atoms with Crippen molar-refractivity contribution < 1.29 is 42.5 Å². The maximum absolute atomic E-state index is 15.3. The number of carbonyl (C=O) groups excluding carboxylic acids is 3. The van der Waals surface area contributed by atoms with Crippen molar-refractivity contribution in [3.63, 3.8) is 0 Å². The molecule has 270 valence electrons. The van der Waals surface area contributed by atoms with Gasteiger partial charge >= 0.3 is 0 Å². The van der Waals surface area contributed by atoms with Gasteiger partial charge in [-0.15, -0.1) is 0 Å². The number of rotatable bonds is 18. The quantitative estimate of drug-likeness (QED) is 0.0652. The van der Waals surface area contributed by atoms with Gasteiger partial charge in [-0.25, -0.2) is 8.78 Å². The molecule has 0 radical (unpaired) electrons. The lowest BCUT2D eigenvalue weighted by Gasteiger charge is -2.16. The summed E-state index contributed by atoms with van der Waals surface area (Å²) in [7, 11) is 1.52. The fourth-order valence-electron chi connectivity index (χ4n) is 5.26. The Morgan fingerprint density at radius 1 is 0.882 bits per heavy atom. The van der Waals surface area contributed by atoms with E-state index < -0.39 is 34.9 Å². The molecule has 1 aromatic heterocycles. The topological polar surface area (TPSA) is 162 Å². The van der Waals surface area contributed by atoms with Crippen LogP contribution in [0.2, 0.25) is 0 Å². The van der Waals surface area contributed by atoms with E-state index in [4.69, 9.17) is 25.1 Å². The van der Waals surface area contributed by atoms with Crippen LogP contribution in [0.1, 0.15) is 44.9 Å². The summed E-state index contributed by atoms with van der Waals surface area (Å²) in [4.78, 5) is 42.0. The van der Waals surface area contributed by atoms with Crippen molar-refractivity contribution in [3.05, 3.63) is 78.5 Å². The van der Waals surface area contributed by atoms with Crippen molar-refractivity contribution >= 4 is 51.0 Å². The number of nitrogens with zero attached hydrogens (tertiary/aromatic N) is 1. The van der Waals surface area contributed by atoms with Gasteiger partial charge in [-0.3, -0.25) is 19.4 Å². The number of amides is 2. The van der Waals surface area contributed by atoms with Crippen molar-refractivity contribution in [2.24, 2.45) is 11.1 Å². The van der Waals surface area contributed by atoms with E-state index in [0.717, 1.165) is 49.9 Å². The van der Waals surface area contributed by atoms with E-state index in [1.54, 1.807) is 18.2 Å². The van der Waals surface area contributed by atoms with E-state index >= 15 is 4.39 Å². The lowest BCUT2D eigenvalue weighted by atomic mass is 10.0. The molecule has 14 heteroatoms. The number of unbranched alkanes of at least 4 members (excludes halogenated alkanes) is 4. The summed E-state index contributed by atoms with van der Waals surface area (Å²) in [5.41, 5.74) is 5.29. The van der Waals surface area contributed by atoms with Crippen LogP contribution in [-0.2, 0) is 14.4 Å². The molecule has 0 saturated heterocycles. The lowest BCUT2D eigenvalue weighted by molar-refractivity contribution is -0.131. The smallest absolute Gasteiger partial charge is 0.240 e. The molecule has 0 spiro atoms. The third-order valence-electron chi connectivity index (χ3n) is 8.41. The second-order valence-electron chi connectivity index (χ2n) is 12.1. The van der Waals surface area contributed by atoms with E-state index in [9.17, 15) is 18.8 Å². The lowest BCUT2D eigenvalue weighted by Crippen LogP contribution is -2.35. The van der Waals surface area contributed by atoms with E-state index in [1.807, 2.05) is 0 Å². The highest BCUT2D eigenvalue weighted by molar-refractivity contribution is 8.13. The second kappa shape index (κ2) is 17.4. The molecule has 1 saturated carbocycles. The summed E-state index contributed by atoms with van der Waals surface area (Å²) in [6, 6.07) is 13.4. The number of hydrogen-bond acceptors (Lipinski definition) is 10. The molecule has 1 fully saturated rings. The molecule has 3 aromatic carbocycles. The minimum absolute atomic E-state index is 0.0890. The molecule has 1 aliphatic rings. The summed E-state index contributed by atoms with van der Waals surface area (Å²) < 4.78 is 46.0. The van der Waals surface area contributed by atoms with Crippen molar-refractivity contribution in [2.45, 2.75) is 51.0 Å². The predicted molar refractivity (Wildman–Crippen MR) is 191 cm³/mol. The molecule has 51 heavy (non-hydrogen) atoms. The Hall–Kier alpha value is -4.79. The largest absolute Gasteiger partial charge is 0.493 e. The number of ether oxygens (including phenoxy) is 3. The number of fused-ring (bicyclic) bond motifs is 1. The van der Waals surface area contributed by atoms with E-state index in [0.29, 0.717) is 59.0 Å². The van der Waals surface area contributed by atoms with Crippen molar-refractivity contribution in [2.75, 3.05) is 36.7 Å². The minimum Gasteiger partial charge on any atom is -0.493 e. The molecule has 4 aromatic rings. The zero-order valence-electron chi connectivity index (χ0n) is 28.1. The van der Waals surface area contributed by atoms with Crippen LogP contribution in [0.25, 0.3) is 10.9 Å². The predicted octanol–water partition coefficient (Wildman–Crippen LogP) is 6.58. The summed E-state index contributed by atoms with van der Waals surface area (Å²) in [5.74, 6) is -0.375. The van der Waals surface area contributed by atoms with Gasteiger partial charge in [0.25, 0.3) is 0 Å². The van der Waals surface area contributed by atoms with Crippen LogP contribution < -0.4 is 30.6 Å². The highest BCUT2D eigenvalue weighted by Gasteiger charge is 2.56. The number of thioether (sulfide) groups is 1. The molecule has 1 aliphatic carbocycles. The molecule has 0 bridgehead atoms. The van der Waals surface area contributed by atoms with Gasteiger partial charge in [0.05, 0.1) is 31.9 Å². The van der Waals surface area contributed by atoms with E-state index in [-0.39, 0.29) is 23.2 Å². The molecule has 1 atom stereocenters. The normalized spacial score (nSPS) is 13.7. The Kier molecular flexibility index (Phi) is 12.8. The summed E-state index contributed by atoms with van der Waals surface area (Å²) in [6.45, 7) is 0.122. The number of benzene rings is 3. The monoisotopic (exact) mass is 722 g/mol. The maximum atomic E-state index is 15.3. The average Bonchev–Trinajstić information content (AvgIpc) is 3.95. The first-order valence-electron chi connectivity index (χ1n) is 16.6. The van der Waals surface area contributed by atoms with Crippen LogP contribution in [0, 0.1) is 17.0 Å². The number of pyridine rings is 1. The number of anilines is 2. The zero-order valence-corrected chi connectivity index (χ0v) is 28.9. The number of halogens is 2. The Balaban J connectivity index is 1.14. The number of nitrogens with one attached hydrogen (secondary N) is 2. The van der Waals surface area contributed by atoms with Crippen LogP contribution >= 0.6 is 11.8 Å². The van der Waals surface area contributed by atoms with Gasteiger partial charge in [-0.2, -0.15) is 0 Å².